The molecule has 0 aromatic heterocycles. The average Bonchev–Trinajstić information content (AvgIpc) is 3.19. The smallest absolute Gasteiger partial charge is 0.412 e. The molecule has 0 bridgehead atoms. The Morgan fingerprint density at radius 2 is 1.63 bits per heavy atom. The van der Waals surface area contributed by atoms with Gasteiger partial charge in [0.15, 0.2) is 0 Å². The molecule has 4 rings (SSSR count). The molecule has 2 heterocycles. The maximum absolute atomic E-state index is 14.5. The average molecular weight is 719 g/mol. The molecule has 0 unspecified atom stereocenters. The van der Waals surface area contributed by atoms with Gasteiger partial charge in [0.25, 0.3) is 5.91 Å². The summed E-state index contributed by atoms with van der Waals surface area (Å²) in [6.45, 7) is 11.0. The normalized spacial score (nSPS) is 18.0. The second kappa shape index (κ2) is 15.2. The van der Waals surface area contributed by atoms with Crippen LogP contribution in [0, 0.1) is 5.82 Å². The van der Waals surface area contributed by atoms with Gasteiger partial charge in [0, 0.05) is 42.9 Å². The van der Waals surface area contributed by atoms with Gasteiger partial charge >= 0.3 is 18.3 Å². The predicted molar refractivity (Wildman–Crippen MR) is 182 cm³/mol. The monoisotopic (exact) mass is 718 g/mol. The number of alkyl halides is 3. The molecule has 276 valence electrons. The van der Waals surface area contributed by atoms with Crippen molar-refractivity contribution in [1.82, 2.24) is 14.7 Å². The van der Waals surface area contributed by atoms with Crippen LogP contribution in [-0.4, -0.2) is 69.2 Å². The number of ether oxygens (including phenoxy) is 2. The van der Waals surface area contributed by atoms with E-state index in [2.05, 4.69) is 5.32 Å². The zero-order chi connectivity index (χ0) is 37.9. The first-order valence-corrected chi connectivity index (χ1v) is 16.4. The van der Waals surface area contributed by atoms with E-state index in [0.29, 0.717) is 53.9 Å². The van der Waals surface area contributed by atoms with Crippen molar-refractivity contribution in [2.24, 2.45) is 0 Å². The molecule has 0 aliphatic carbocycles. The molecule has 0 spiro atoms. The van der Waals surface area contributed by atoms with Crippen molar-refractivity contribution < 1.29 is 45.8 Å². The maximum atomic E-state index is 14.5. The number of benzene rings is 2. The number of imide groups is 1. The number of rotatable bonds is 9. The molecule has 2 aromatic carbocycles. The van der Waals surface area contributed by atoms with Gasteiger partial charge in [-0.25, -0.2) is 23.3 Å². The minimum atomic E-state index is -4.76. The number of carbonyl (C=O) groups is 3. The number of halogens is 5. The third-order valence-electron chi connectivity index (χ3n) is 8.31. The third-order valence-corrected chi connectivity index (χ3v) is 8.31. The standard InChI is InChI=1S/C37H43F5N4O5/c1-23(37(40,41)42)20-28(13-8-24(2)38)46-32(47)36(6,7)45(33(46)48)22-25-9-10-26(39)21-31(25)43-27-11-14-29(15-12-27)50-30-16-18-44(19-17-30)34(49)51-35(3,4)5/h8-15,20-21,30,43H,16-19,22H2,1-7H3/b23-20+,24-8+,28-13+. The summed E-state index contributed by atoms with van der Waals surface area (Å²) >= 11 is 0. The molecule has 2 saturated heterocycles. The number of piperidine rings is 1. The lowest BCUT2D eigenvalue weighted by Crippen LogP contribution is -2.44. The molecule has 2 aliphatic rings. The van der Waals surface area contributed by atoms with Gasteiger partial charge in [0.1, 0.15) is 28.8 Å². The first-order chi connectivity index (χ1) is 23.7. The molecular formula is C37H43F5N4O5. The van der Waals surface area contributed by atoms with Gasteiger partial charge in [0.05, 0.1) is 18.1 Å². The Morgan fingerprint density at radius 3 is 2.20 bits per heavy atom. The highest BCUT2D eigenvalue weighted by Gasteiger charge is 2.52. The molecule has 9 nitrogen and oxygen atoms in total. The molecule has 2 fully saturated rings. The highest BCUT2D eigenvalue weighted by molar-refractivity contribution is 6.08. The SMILES string of the molecule is C\C(F)=C/C=C(\C=C(/C)C(F)(F)F)N1C(=O)N(Cc2ccc(F)cc2Nc2ccc(OC3CCN(C(=O)OC(C)(C)C)CC3)cc2)C(C)(C)C1=O. The van der Waals surface area contributed by atoms with Crippen LogP contribution in [0.5, 0.6) is 5.75 Å². The van der Waals surface area contributed by atoms with Crippen molar-refractivity contribution in [1.29, 1.82) is 0 Å². The molecule has 51 heavy (non-hydrogen) atoms. The zero-order valence-corrected chi connectivity index (χ0v) is 29.7. The van der Waals surface area contributed by atoms with Crippen molar-refractivity contribution in [3.8, 4) is 5.75 Å². The predicted octanol–water partition coefficient (Wildman–Crippen LogP) is 9.16. The van der Waals surface area contributed by atoms with Gasteiger partial charge in [-0.05, 0) is 109 Å². The summed E-state index contributed by atoms with van der Waals surface area (Å²) in [5.41, 5.74) is -2.40. The Kier molecular flexibility index (Phi) is 11.6. The Morgan fingerprint density at radius 1 is 1.00 bits per heavy atom. The van der Waals surface area contributed by atoms with Gasteiger partial charge in [-0.1, -0.05) is 6.07 Å². The first-order valence-electron chi connectivity index (χ1n) is 16.4. The number of anilines is 2. The van der Waals surface area contributed by atoms with Crippen LogP contribution >= 0.6 is 0 Å². The highest BCUT2D eigenvalue weighted by atomic mass is 19.4. The van der Waals surface area contributed by atoms with E-state index in [1.807, 2.05) is 20.8 Å². The summed E-state index contributed by atoms with van der Waals surface area (Å²) in [4.78, 5) is 43.0. The number of hydrogen-bond donors (Lipinski definition) is 1. The Balaban J connectivity index is 1.49. The minimum Gasteiger partial charge on any atom is -0.490 e. The molecule has 0 radical (unpaired) electrons. The zero-order valence-electron chi connectivity index (χ0n) is 29.7. The van der Waals surface area contributed by atoms with Crippen LogP contribution in [-0.2, 0) is 16.1 Å². The fourth-order valence-corrected chi connectivity index (χ4v) is 5.44. The third kappa shape index (κ3) is 9.89. The lowest BCUT2D eigenvalue weighted by atomic mass is 10.0. The van der Waals surface area contributed by atoms with Gasteiger partial charge in [-0.2, -0.15) is 13.2 Å². The molecular weight excluding hydrogens is 675 g/mol. The number of amides is 4. The number of urea groups is 1. The van der Waals surface area contributed by atoms with Crippen LogP contribution in [0.15, 0.2) is 77.8 Å². The van der Waals surface area contributed by atoms with Crippen LogP contribution in [0.1, 0.15) is 66.9 Å². The minimum absolute atomic E-state index is 0.110. The molecule has 2 aromatic rings. The van der Waals surface area contributed by atoms with E-state index >= 15 is 0 Å². The maximum Gasteiger partial charge on any atom is 0.412 e. The van der Waals surface area contributed by atoms with Crippen molar-refractivity contribution in [2.45, 2.75) is 91.3 Å². The van der Waals surface area contributed by atoms with Crippen LogP contribution in [0.2, 0.25) is 0 Å². The number of nitrogens with one attached hydrogen (secondary N) is 1. The Labute approximate surface area is 294 Å². The summed E-state index contributed by atoms with van der Waals surface area (Å²) in [7, 11) is 0. The van der Waals surface area contributed by atoms with Crippen LogP contribution < -0.4 is 10.1 Å². The van der Waals surface area contributed by atoms with Crippen molar-refractivity contribution >= 4 is 29.4 Å². The summed E-state index contributed by atoms with van der Waals surface area (Å²) in [5.74, 6) is -1.55. The molecule has 14 heteroatoms. The summed E-state index contributed by atoms with van der Waals surface area (Å²) in [6.07, 6.45) is -1.57. The number of carbonyl (C=O) groups excluding carboxylic acids is 3. The first kappa shape index (κ1) is 38.9. The second-order valence-corrected chi connectivity index (χ2v) is 14.0. The fourth-order valence-electron chi connectivity index (χ4n) is 5.44. The van der Waals surface area contributed by atoms with E-state index in [9.17, 15) is 36.3 Å². The largest absolute Gasteiger partial charge is 0.490 e. The Hall–Kier alpha value is -4.88. The van der Waals surface area contributed by atoms with E-state index in [1.165, 1.54) is 32.0 Å². The van der Waals surface area contributed by atoms with Gasteiger partial charge in [0.2, 0.25) is 0 Å². The highest BCUT2D eigenvalue weighted by Crippen LogP contribution is 2.36. The summed E-state index contributed by atoms with van der Waals surface area (Å²) in [6, 6.07) is 9.85. The number of hydrogen-bond acceptors (Lipinski definition) is 6. The van der Waals surface area contributed by atoms with Gasteiger partial charge < -0.3 is 24.6 Å². The van der Waals surface area contributed by atoms with E-state index in [1.54, 1.807) is 29.2 Å². The number of nitrogens with zero attached hydrogens (tertiary/aromatic N) is 3. The quantitative estimate of drug-likeness (QED) is 0.158. The fraction of sp³-hybridized carbons (Fsp3) is 0.432. The summed E-state index contributed by atoms with van der Waals surface area (Å²) < 4.78 is 79.9. The van der Waals surface area contributed by atoms with Gasteiger partial charge in [-0.3, -0.25) is 4.79 Å². The van der Waals surface area contributed by atoms with Crippen molar-refractivity contribution in [3.05, 3.63) is 89.2 Å². The molecule has 4 amide bonds. The van der Waals surface area contributed by atoms with Crippen LogP contribution in [0.4, 0.5) is 42.9 Å². The Bertz CT molecular complexity index is 1720. The number of likely N-dealkylation sites (tertiary alicyclic amines) is 1. The molecule has 0 saturated carbocycles. The molecule has 2 aliphatic heterocycles. The molecule has 0 atom stereocenters. The molecule has 1 N–H and O–H groups in total. The second-order valence-electron chi connectivity index (χ2n) is 14.0. The van der Waals surface area contributed by atoms with Crippen molar-refractivity contribution in [3.63, 3.8) is 0 Å². The summed E-state index contributed by atoms with van der Waals surface area (Å²) in [5, 5.41) is 3.13. The number of allylic oxidation sites excluding steroid dienone is 5. The van der Waals surface area contributed by atoms with Crippen LogP contribution in [0.3, 0.4) is 0 Å². The lowest BCUT2D eigenvalue weighted by molar-refractivity contribution is -0.130. The van der Waals surface area contributed by atoms with Gasteiger partial charge in [-0.15, -0.1) is 0 Å². The van der Waals surface area contributed by atoms with E-state index in [-0.39, 0.29) is 24.4 Å². The van der Waals surface area contributed by atoms with Crippen LogP contribution in [0.25, 0.3) is 0 Å². The van der Waals surface area contributed by atoms with E-state index in [0.717, 1.165) is 30.9 Å². The van der Waals surface area contributed by atoms with E-state index < -0.39 is 52.2 Å². The lowest BCUT2D eigenvalue weighted by Gasteiger charge is -2.33. The topological polar surface area (TPSA) is 91.4 Å². The van der Waals surface area contributed by atoms with E-state index in [4.69, 9.17) is 9.47 Å². The van der Waals surface area contributed by atoms with Crippen molar-refractivity contribution in [2.75, 3.05) is 18.4 Å².